The van der Waals surface area contributed by atoms with Crippen LogP contribution in [-0.4, -0.2) is 22.4 Å². The lowest BCUT2D eigenvalue weighted by Gasteiger charge is -2.08. The molecular weight excluding hydrogens is 244 g/mol. The van der Waals surface area contributed by atoms with E-state index in [4.69, 9.17) is 0 Å². The molecule has 1 amide bonds. The molecule has 0 aliphatic rings. The van der Waals surface area contributed by atoms with Gasteiger partial charge in [0.25, 0.3) is 11.5 Å². The van der Waals surface area contributed by atoms with Crippen molar-refractivity contribution in [2.45, 2.75) is 19.8 Å². The quantitative estimate of drug-likeness (QED) is 0.650. The fraction of sp³-hybridized carbons (Fsp3) is 0.286. The average molecular weight is 260 g/mol. The summed E-state index contributed by atoms with van der Waals surface area (Å²) >= 11 is 0. The van der Waals surface area contributed by atoms with Crippen molar-refractivity contribution in [3.05, 3.63) is 46.4 Å². The highest BCUT2D eigenvalue weighted by molar-refractivity contribution is 5.96. The zero-order valence-corrected chi connectivity index (χ0v) is 10.7. The van der Waals surface area contributed by atoms with Crippen LogP contribution in [0.1, 0.15) is 30.3 Å². The molecule has 1 aromatic carbocycles. The second-order valence-electron chi connectivity index (χ2n) is 4.34. The predicted molar refractivity (Wildman–Crippen MR) is 72.6 cm³/mol. The second-order valence-corrected chi connectivity index (χ2v) is 4.34. The van der Waals surface area contributed by atoms with E-state index in [2.05, 4.69) is 5.32 Å². The van der Waals surface area contributed by atoms with E-state index in [1.165, 1.54) is 6.07 Å². The molecule has 0 bridgehead atoms. The lowest BCUT2D eigenvalue weighted by atomic mass is 10.1. The van der Waals surface area contributed by atoms with Crippen LogP contribution in [-0.2, 0) is 0 Å². The fourth-order valence-corrected chi connectivity index (χ4v) is 1.88. The predicted octanol–water partition coefficient (Wildman–Crippen LogP) is 1.77. The topological polar surface area (TPSA) is 71.3 Å². The molecule has 0 aliphatic carbocycles. The number of unbranched alkanes of at least 4 members (excludes halogenated alkanes) is 1. The molecule has 2 rings (SSSR count). The number of benzene rings is 1. The molecule has 19 heavy (non-hydrogen) atoms. The third-order valence-electron chi connectivity index (χ3n) is 2.95. The Bertz CT molecular complexity index is 661. The van der Waals surface area contributed by atoms with Crippen molar-refractivity contribution in [1.82, 2.24) is 10.0 Å². The number of carbonyl (C=O) groups excluding carboxylic acids is 1. The summed E-state index contributed by atoms with van der Waals surface area (Å²) in [5, 5.41) is 13.5. The summed E-state index contributed by atoms with van der Waals surface area (Å²) in [5.41, 5.74) is -0.626. The van der Waals surface area contributed by atoms with Gasteiger partial charge in [-0.05, 0) is 23.9 Å². The number of fused-ring (bicyclic) bond motifs is 1. The molecule has 5 nitrogen and oxygen atoms in total. The molecule has 0 unspecified atom stereocenters. The minimum Gasteiger partial charge on any atom is -0.425 e. The number of carbonyl (C=O) groups is 1. The summed E-state index contributed by atoms with van der Waals surface area (Å²) in [5.74, 6) is -0.446. The molecule has 0 aliphatic heterocycles. The van der Waals surface area contributed by atoms with Gasteiger partial charge in [-0.25, -0.2) is 0 Å². The van der Waals surface area contributed by atoms with E-state index < -0.39 is 11.5 Å². The van der Waals surface area contributed by atoms with Gasteiger partial charge >= 0.3 is 0 Å². The summed E-state index contributed by atoms with van der Waals surface area (Å²) in [6.45, 7) is 2.54. The lowest BCUT2D eigenvalue weighted by Crippen LogP contribution is -2.31. The Morgan fingerprint density at radius 2 is 2.11 bits per heavy atom. The SMILES string of the molecule is CCCCNC(=O)c1cc2ccccc2c(=O)n1O. The maximum Gasteiger partial charge on any atom is 0.291 e. The Kier molecular flexibility index (Phi) is 3.85. The van der Waals surface area contributed by atoms with E-state index in [0.717, 1.165) is 12.8 Å². The number of nitrogens with zero attached hydrogens (tertiary/aromatic N) is 1. The molecule has 0 atom stereocenters. The minimum atomic E-state index is -0.584. The van der Waals surface area contributed by atoms with Crippen LogP contribution in [0.25, 0.3) is 10.8 Å². The normalized spacial score (nSPS) is 10.6. The van der Waals surface area contributed by atoms with Gasteiger partial charge in [-0.3, -0.25) is 9.59 Å². The van der Waals surface area contributed by atoms with Crippen molar-refractivity contribution in [3.63, 3.8) is 0 Å². The molecule has 100 valence electrons. The number of rotatable bonds is 4. The molecule has 1 heterocycles. The number of pyridine rings is 1. The van der Waals surface area contributed by atoms with E-state index in [-0.39, 0.29) is 5.69 Å². The van der Waals surface area contributed by atoms with Crippen molar-refractivity contribution in [2.75, 3.05) is 6.54 Å². The van der Waals surface area contributed by atoms with Gasteiger partial charge in [-0.2, -0.15) is 0 Å². The Hall–Kier alpha value is -2.30. The van der Waals surface area contributed by atoms with Crippen LogP contribution in [0, 0.1) is 0 Å². The van der Waals surface area contributed by atoms with Gasteiger partial charge in [-0.1, -0.05) is 31.5 Å². The van der Waals surface area contributed by atoms with Crippen molar-refractivity contribution in [1.29, 1.82) is 0 Å². The van der Waals surface area contributed by atoms with Crippen LogP contribution in [0.3, 0.4) is 0 Å². The largest absolute Gasteiger partial charge is 0.425 e. The molecule has 0 radical (unpaired) electrons. The number of amides is 1. The third-order valence-corrected chi connectivity index (χ3v) is 2.95. The van der Waals surface area contributed by atoms with Gasteiger partial charge < -0.3 is 10.5 Å². The summed E-state index contributed by atoms with van der Waals surface area (Å²) in [7, 11) is 0. The average Bonchev–Trinajstić information content (AvgIpc) is 2.43. The minimum absolute atomic E-state index is 0.0418. The molecule has 0 saturated carbocycles. The first kappa shape index (κ1) is 13.1. The molecule has 0 spiro atoms. The Labute approximate surface area is 110 Å². The first-order chi connectivity index (χ1) is 9.15. The monoisotopic (exact) mass is 260 g/mol. The molecule has 2 aromatic rings. The zero-order valence-electron chi connectivity index (χ0n) is 10.7. The molecule has 1 aromatic heterocycles. The number of aromatic nitrogens is 1. The standard InChI is InChI=1S/C14H16N2O3/c1-2-3-8-15-13(17)12-9-10-6-4-5-7-11(10)14(18)16(12)19/h4-7,9,19H,2-3,8H2,1H3,(H,15,17). The maximum absolute atomic E-state index is 11.9. The summed E-state index contributed by atoms with van der Waals surface area (Å²) < 4.78 is 0.406. The van der Waals surface area contributed by atoms with Crippen LogP contribution in [0.2, 0.25) is 0 Å². The number of hydrogen-bond donors (Lipinski definition) is 2. The van der Waals surface area contributed by atoms with Gasteiger partial charge in [-0.15, -0.1) is 4.73 Å². The summed E-state index contributed by atoms with van der Waals surface area (Å²) in [6.07, 6.45) is 1.82. The van der Waals surface area contributed by atoms with Gasteiger partial charge in [0.1, 0.15) is 5.69 Å². The molecule has 0 fully saturated rings. The highest BCUT2D eigenvalue weighted by Crippen LogP contribution is 2.11. The maximum atomic E-state index is 11.9. The van der Waals surface area contributed by atoms with E-state index in [1.807, 2.05) is 6.92 Å². The summed E-state index contributed by atoms with van der Waals surface area (Å²) in [6, 6.07) is 8.35. The van der Waals surface area contributed by atoms with Crippen molar-refractivity contribution in [3.8, 4) is 0 Å². The Morgan fingerprint density at radius 1 is 1.37 bits per heavy atom. The zero-order chi connectivity index (χ0) is 13.8. The Balaban J connectivity index is 2.41. The molecule has 2 N–H and O–H groups in total. The number of hydrogen-bond acceptors (Lipinski definition) is 3. The van der Waals surface area contributed by atoms with E-state index in [1.54, 1.807) is 24.3 Å². The van der Waals surface area contributed by atoms with Crippen molar-refractivity contribution >= 4 is 16.7 Å². The van der Waals surface area contributed by atoms with Crippen molar-refractivity contribution in [2.24, 2.45) is 0 Å². The highest BCUT2D eigenvalue weighted by Gasteiger charge is 2.14. The second kappa shape index (κ2) is 5.56. The smallest absolute Gasteiger partial charge is 0.291 e. The van der Waals surface area contributed by atoms with Crippen LogP contribution in [0.4, 0.5) is 0 Å². The molecular formula is C14H16N2O3. The van der Waals surface area contributed by atoms with Crippen molar-refractivity contribution < 1.29 is 10.0 Å². The fourth-order valence-electron chi connectivity index (χ4n) is 1.88. The van der Waals surface area contributed by atoms with E-state index in [9.17, 15) is 14.8 Å². The van der Waals surface area contributed by atoms with Crippen LogP contribution in [0.15, 0.2) is 35.1 Å². The Morgan fingerprint density at radius 3 is 2.84 bits per heavy atom. The van der Waals surface area contributed by atoms with Crippen LogP contribution >= 0.6 is 0 Å². The lowest BCUT2D eigenvalue weighted by molar-refractivity contribution is 0.0893. The first-order valence-electron chi connectivity index (χ1n) is 6.27. The van der Waals surface area contributed by atoms with Gasteiger partial charge in [0.05, 0.1) is 5.39 Å². The van der Waals surface area contributed by atoms with Gasteiger partial charge in [0.15, 0.2) is 0 Å². The van der Waals surface area contributed by atoms with Gasteiger partial charge in [0.2, 0.25) is 0 Å². The van der Waals surface area contributed by atoms with Crippen LogP contribution in [0.5, 0.6) is 0 Å². The van der Waals surface area contributed by atoms with Crippen LogP contribution < -0.4 is 10.9 Å². The van der Waals surface area contributed by atoms with E-state index >= 15 is 0 Å². The third kappa shape index (κ3) is 2.59. The molecule has 0 saturated heterocycles. The van der Waals surface area contributed by atoms with E-state index in [0.29, 0.717) is 22.0 Å². The van der Waals surface area contributed by atoms with Gasteiger partial charge in [0, 0.05) is 6.54 Å². The first-order valence-corrected chi connectivity index (χ1v) is 6.27. The highest BCUT2D eigenvalue weighted by atomic mass is 16.5. The molecule has 5 heteroatoms. The number of nitrogens with one attached hydrogen (secondary N) is 1. The summed E-state index contributed by atoms with van der Waals surface area (Å²) in [4.78, 5) is 23.8.